The number of nitrogens with one attached hydrogen (secondary N) is 1. The average molecular weight is 356 g/mol. The van der Waals surface area contributed by atoms with Crippen molar-refractivity contribution in [3.05, 3.63) is 59.9 Å². The van der Waals surface area contributed by atoms with Crippen LogP contribution in [0, 0.1) is 5.82 Å². The fourth-order valence-electron chi connectivity index (χ4n) is 2.97. The molecular weight excluding hydrogens is 335 g/mol. The standard InChI is InChI=1S/C19H21FN4O2/c20-15-2-1-3-16(12-15)22-18(25)13-23-8-10-24(11-9-23)17-6-4-14(5-7-17)19(21)26/h1-7,12H,8-11,13H2,(H2,21,26)(H,22,25). The number of carbonyl (C=O) groups excluding carboxylic acids is 2. The Labute approximate surface area is 151 Å². The highest BCUT2D eigenvalue weighted by molar-refractivity contribution is 5.93. The molecule has 0 radical (unpaired) electrons. The van der Waals surface area contributed by atoms with E-state index in [1.165, 1.54) is 12.1 Å². The molecule has 3 rings (SSSR count). The average Bonchev–Trinajstić information content (AvgIpc) is 2.62. The third kappa shape index (κ3) is 4.58. The first kappa shape index (κ1) is 17.9. The Hall–Kier alpha value is -2.93. The molecule has 1 aliphatic heterocycles. The third-order valence-electron chi connectivity index (χ3n) is 4.36. The van der Waals surface area contributed by atoms with Gasteiger partial charge in [-0.25, -0.2) is 4.39 Å². The van der Waals surface area contributed by atoms with Crippen LogP contribution in [0.2, 0.25) is 0 Å². The molecule has 3 N–H and O–H groups in total. The molecule has 1 fully saturated rings. The fourth-order valence-corrected chi connectivity index (χ4v) is 2.97. The number of piperazine rings is 1. The van der Waals surface area contributed by atoms with Crippen LogP contribution in [-0.4, -0.2) is 49.4 Å². The summed E-state index contributed by atoms with van der Waals surface area (Å²) in [4.78, 5) is 27.5. The molecule has 2 aromatic rings. The SMILES string of the molecule is NC(=O)c1ccc(N2CCN(CC(=O)Nc3cccc(F)c3)CC2)cc1. The molecule has 6 nitrogen and oxygen atoms in total. The van der Waals surface area contributed by atoms with Crippen molar-refractivity contribution >= 4 is 23.2 Å². The van der Waals surface area contributed by atoms with Crippen LogP contribution in [-0.2, 0) is 4.79 Å². The predicted molar refractivity (Wildman–Crippen MR) is 98.6 cm³/mol. The first-order valence-electron chi connectivity index (χ1n) is 8.44. The zero-order chi connectivity index (χ0) is 18.5. The predicted octanol–water partition coefficient (Wildman–Crippen LogP) is 1.69. The molecule has 7 heteroatoms. The minimum absolute atomic E-state index is 0.158. The Balaban J connectivity index is 1.49. The smallest absolute Gasteiger partial charge is 0.248 e. The zero-order valence-corrected chi connectivity index (χ0v) is 14.3. The second kappa shape index (κ2) is 7.97. The van der Waals surface area contributed by atoms with E-state index in [1.54, 1.807) is 24.3 Å². The molecule has 0 atom stereocenters. The lowest BCUT2D eigenvalue weighted by atomic mass is 10.1. The molecule has 136 valence electrons. The Morgan fingerprint density at radius 1 is 1.04 bits per heavy atom. The maximum Gasteiger partial charge on any atom is 0.248 e. The Kier molecular flexibility index (Phi) is 5.48. The van der Waals surface area contributed by atoms with Gasteiger partial charge in [-0.2, -0.15) is 0 Å². The van der Waals surface area contributed by atoms with E-state index in [1.807, 2.05) is 12.1 Å². The van der Waals surface area contributed by atoms with E-state index < -0.39 is 5.91 Å². The maximum absolute atomic E-state index is 13.2. The van der Waals surface area contributed by atoms with Crippen molar-refractivity contribution in [2.45, 2.75) is 0 Å². The summed E-state index contributed by atoms with van der Waals surface area (Å²) < 4.78 is 13.2. The van der Waals surface area contributed by atoms with Crippen molar-refractivity contribution in [3.63, 3.8) is 0 Å². The summed E-state index contributed by atoms with van der Waals surface area (Å²) in [6, 6.07) is 13.1. The topological polar surface area (TPSA) is 78.7 Å². The van der Waals surface area contributed by atoms with Crippen LogP contribution >= 0.6 is 0 Å². The van der Waals surface area contributed by atoms with E-state index in [2.05, 4.69) is 15.1 Å². The van der Waals surface area contributed by atoms with Crippen LogP contribution in [0.4, 0.5) is 15.8 Å². The highest BCUT2D eigenvalue weighted by atomic mass is 19.1. The molecule has 0 saturated carbocycles. The van der Waals surface area contributed by atoms with Crippen molar-refractivity contribution in [2.24, 2.45) is 5.73 Å². The number of nitrogens with two attached hydrogens (primary N) is 1. The normalized spacial score (nSPS) is 14.9. The summed E-state index contributed by atoms with van der Waals surface area (Å²) in [6.45, 7) is 3.32. The van der Waals surface area contributed by atoms with Gasteiger partial charge in [0.05, 0.1) is 6.54 Å². The van der Waals surface area contributed by atoms with Crippen molar-refractivity contribution in [2.75, 3.05) is 42.9 Å². The number of primary amides is 1. The summed E-state index contributed by atoms with van der Waals surface area (Å²) in [5.41, 5.74) is 7.23. The van der Waals surface area contributed by atoms with Crippen LogP contribution in [0.25, 0.3) is 0 Å². The summed E-state index contributed by atoms with van der Waals surface area (Å²) in [5.74, 6) is -0.973. The minimum atomic E-state index is -0.439. The van der Waals surface area contributed by atoms with Gasteiger partial charge in [0, 0.05) is 43.1 Å². The summed E-state index contributed by atoms with van der Waals surface area (Å²) in [7, 11) is 0. The number of carbonyl (C=O) groups is 2. The molecule has 0 aliphatic carbocycles. The van der Waals surface area contributed by atoms with E-state index in [0.717, 1.165) is 31.9 Å². The first-order valence-corrected chi connectivity index (χ1v) is 8.44. The lowest BCUT2D eigenvalue weighted by Gasteiger charge is -2.35. The number of hydrogen-bond acceptors (Lipinski definition) is 4. The number of anilines is 2. The van der Waals surface area contributed by atoms with Gasteiger partial charge in [-0.15, -0.1) is 0 Å². The van der Waals surface area contributed by atoms with E-state index in [9.17, 15) is 14.0 Å². The summed E-state index contributed by atoms with van der Waals surface area (Å²) >= 11 is 0. The molecule has 26 heavy (non-hydrogen) atoms. The van der Waals surface area contributed by atoms with Crippen LogP contribution in [0.5, 0.6) is 0 Å². The van der Waals surface area contributed by atoms with Gasteiger partial charge in [0.15, 0.2) is 0 Å². The Morgan fingerprint density at radius 3 is 2.35 bits per heavy atom. The zero-order valence-electron chi connectivity index (χ0n) is 14.3. The van der Waals surface area contributed by atoms with Crippen molar-refractivity contribution in [3.8, 4) is 0 Å². The van der Waals surface area contributed by atoms with E-state index in [0.29, 0.717) is 11.3 Å². The molecule has 2 aromatic carbocycles. The highest BCUT2D eigenvalue weighted by Crippen LogP contribution is 2.17. The van der Waals surface area contributed by atoms with Gasteiger partial charge in [-0.05, 0) is 42.5 Å². The third-order valence-corrected chi connectivity index (χ3v) is 4.36. The second-order valence-corrected chi connectivity index (χ2v) is 6.23. The number of benzene rings is 2. The lowest BCUT2D eigenvalue weighted by molar-refractivity contribution is -0.117. The summed E-state index contributed by atoms with van der Waals surface area (Å²) in [5, 5.41) is 2.71. The molecule has 0 spiro atoms. The number of rotatable bonds is 5. The lowest BCUT2D eigenvalue weighted by Crippen LogP contribution is -2.48. The van der Waals surface area contributed by atoms with Crippen LogP contribution < -0.4 is 16.0 Å². The van der Waals surface area contributed by atoms with Crippen LogP contribution in [0.15, 0.2) is 48.5 Å². The quantitative estimate of drug-likeness (QED) is 0.854. The van der Waals surface area contributed by atoms with Crippen LogP contribution in [0.3, 0.4) is 0 Å². The van der Waals surface area contributed by atoms with Gasteiger partial charge < -0.3 is 16.0 Å². The number of hydrogen-bond donors (Lipinski definition) is 2. The molecule has 1 heterocycles. The molecule has 1 aliphatic rings. The Morgan fingerprint density at radius 2 is 1.73 bits per heavy atom. The largest absolute Gasteiger partial charge is 0.369 e. The van der Waals surface area contributed by atoms with Gasteiger partial charge >= 0.3 is 0 Å². The molecular formula is C19H21FN4O2. The van der Waals surface area contributed by atoms with E-state index >= 15 is 0 Å². The van der Waals surface area contributed by atoms with E-state index in [-0.39, 0.29) is 18.3 Å². The van der Waals surface area contributed by atoms with Gasteiger partial charge in [-0.1, -0.05) is 6.07 Å². The first-order chi connectivity index (χ1) is 12.5. The van der Waals surface area contributed by atoms with Gasteiger partial charge in [-0.3, -0.25) is 14.5 Å². The minimum Gasteiger partial charge on any atom is -0.369 e. The second-order valence-electron chi connectivity index (χ2n) is 6.23. The molecule has 0 bridgehead atoms. The number of nitrogens with zero attached hydrogens (tertiary/aromatic N) is 2. The number of amides is 2. The molecule has 0 unspecified atom stereocenters. The van der Waals surface area contributed by atoms with Crippen LogP contribution in [0.1, 0.15) is 10.4 Å². The van der Waals surface area contributed by atoms with Gasteiger partial charge in [0.2, 0.25) is 11.8 Å². The highest BCUT2D eigenvalue weighted by Gasteiger charge is 2.19. The fraction of sp³-hybridized carbons (Fsp3) is 0.263. The Bertz CT molecular complexity index is 786. The van der Waals surface area contributed by atoms with Crippen molar-refractivity contribution in [1.29, 1.82) is 0 Å². The molecule has 2 amide bonds. The van der Waals surface area contributed by atoms with Crippen molar-refractivity contribution < 1.29 is 14.0 Å². The number of halogens is 1. The summed E-state index contributed by atoms with van der Waals surface area (Å²) in [6.07, 6.45) is 0. The maximum atomic E-state index is 13.2. The molecule has 0 aromatic heterocycles. The molecule has 1 saturated heterocycles. The van der Waals surface area contributed by atoms with Gasteiger partial charge in [0.25, 0.3) is 0 Å². The van der Waals surface area contributed by atoms with Gasteiger partial charge in [0.1, 0.15) is 5.82 Å². The van der Waals surface area contributed by atoms with E-state index in [4.69, 9.17) is 5.73 Å². The van der Waals surface area contributed by atoms with Crippen molar-refractivity contribution in [1.82, 2.24) is 4.90 Å². The monoisotopic (exact) mass is 356 g/mol.